The van der Waals surface area contributed by atoms with Crippen molar-refractivity contribution >= 4 is 29.3 Å². The van der Waals surface area contributed by atoms with Crippen LogP contribution < -0.4 is 24.3 Å². The third-order valence-corrected chi connectivity index (χ3v) is 14.9. The summed E-state index contributed by atoms with van der Waals surface area (Å²) in [6, 6.07) is 15.6. The second-order valence-electron chi connectivity index (χ2n) is 20.0. The second-order valence-corrected chi connectivity index (χ2v) is 20.0. The Morgan fingerprint density at radius 3 is 2.22 bits per heavy atom. The molecular formula is C59H82N4O13. The highest BCUT2D eigenvalue weighted by Gasteiger charge is 2.65. The molecule has 6 atom stereocenters. The molecule has 2 amide bonds. The molecule has 3 aromatic rings. The summed E-state index contributed by atoms with van der Waals surface area (Å²) >= 11 is 0. The molecule has 6 unspecified atom stereocenters. The van der Waals surface area contributed by atoms with Gasteiger partial charge in [0.25, 0.3) is 5.69 Å². The summed E-state index contributed by atoms with van der Waals surface area (Å²) in [7, 11) is 3.04. The first-order chi connectivity index (χ1) is 37.0. The normalized spacial score (nSPS) is 20.8. The molecule has 1 saturated carbocycles. The molecule has 2 aliphatic carbocycles. The van der Waals surface area contributed by atoms with Gasteiger partial charge in [0.2, 0.25) is 5.79 Å². The maximum atomic E-state index is 14.8. The van der Waals surface area contributed by atoms with E-state index in [1.165, 1.54) is 57.8 Å². The number of nitrogens with zero attached hydrogens (tertiary/aromatic N) is 3. The van der Waals surface area contributed by atoms with Crippen molar-refractivity contribution in [2.75, 3.05) is 52.5 Å². The van der Waals surface area contributed by atoms with E-state index in [-0.39, 0.29) is 62.7 Å². The van der Waals surface area contributed by atoms with Gasteiger partial charge in [-0.1, -0.05) is 102 Å². The number of nitro benzene ring substituents is 1. The Labute approximate surface area is 449 Å². The van der Waals surface area contributed by atoms with Gasteiger partial charge in [0.1, 0.15) is 35.6 Å². The van der Waals surface area contributed by atoms with Gasteiger partial charge >= 0.3 is 12.2 Å². The lowest BCUT2D eigenvalue weighted by Crippen LogP contribution is -2.70. The molecule has 0 bridgehead atoms. The summed E-state index contributed by atoms with van der Waals surface area (Å²) in [5.41, 5.74) is 3.17. The predicted molar refractivity (Wildman–Crippen MR) is 292 cm³/mol. The van der Waals surface area contributed by atoms with Crippen molar-refractivity contribution < 1.29 is 58.0 Å². The molecule has 3 aromatic carbocycles. The number of anilines is 1. The number of benzene rings is 3. The molecule has 0 radical (unpaired) electrons. The summed E-state index contributed by atoms with van der Waals surface area (Å²) in [6.07, 6.45) is 18.9. The van der Waals surface area contributed by atoms with Crippen LogP contribution in [0.4, 0.5) is 21.0 Å². The third-order valence-electron chi connectivity index (χ3n) is 14.9. The lowest BCUT2D eigenvalue weighted by Gasteiger charge is -2.59. The third kappa shape index (κ3) is 15.5. The fourth-order valence-electron chi connectivity index (χ4n) is 11.2. The number of amides is 2. The van der Waals surface area contributed by atoms with Gasteiger partial charge in [0.05, 0.1) is 49.7 Å². The molecule has 3 N–H and O–H groups in total. The molecule has 3 aliphatic rings. The van der Waals surface area contributed by atoms with Gasteiger partial charge in [0, 0.05) is 55.9 Å². The van der Waals surface area contributed by atoms with Crippen LogP contribution in [-0.2, 0) is 20.9 Å². The molecule has 6 rings (SSSR count). The number of non-ortho nitro benzene ring substituents is 1. The number of hydrogen-bond acceptors (Lipinski definition) is 14. The number of ether oxygens (including phenoxy) is 6. The van der Waals surface area contributed by atoms with Crippen molar-refractivity contribution in [3.8, 4) is 23.0 Å². The standard InChI is InChI=1S/C59H82N4O13/c1-6-9-10-11-12-13-14-15-16-21-36-72-58(67)62(32-7-2)54-40-51(61-74-41-42-24-26-44(27-25-42)63(68)69)48-37-43(22-17-19-33-64)47(23-18-20-34-65)55-49-38-46(29-31-52(49)76-59(54,56(48)55)73-35-8-3)75-57(66)60-50-30-28-45(70-4)39-53(50)71-5/h8,24-31,37-39,43,47,54-56,64-65H,3,6-7,9-23,32-36,40-41H2,1-2,4-5H3,(H,60,66). The first-order valence-corrected chi connectivity index (χ1v) is 27.6. The Morgan fingerprint density at radius 1 is 0.868 bits per heavy atom. The van der Waals surface area contributed by atoms with Crippen LogP contribution in [0.25, 0.3) is 0 Å². The zero-order valence-corrected chi connectivity index (χ0v) is 45.2. The van der Waals surface area contributed by atoms with Crippen molar-refractivity contribution in [2.24, 2.45) is 22.9 Å². The number of nitrogens with one attached hydrogen (secondary N) is 1. The molecule has 17 heteroatoms. The van der Waals surface area contributed by atoms with Crippen LogP contribution in [0.5, 0.6) is 23.0 Å². The molecule has 0 spiro atoms. The van der Waals surface area contributed by atoms with Gasteiger partial charge in [-0.05, 0) is 104 Å². The molecule has 17 nitrogen and oxygen atoms in total. The smallest absolute Gasteiger partial charge is 0.417 e. The zero-order valence-electron chi connectivity index (χ0n) is 45.2. The molecule has 1 fully saturated rings. The van der Waals surface area contributed by atoms with E-state index in [4.69, 9.17) is 38.4 Å². The molecule has 416 valence electrons. The van der Waals surface area contributed by atoms with Crippen LogP contribution in [0.1, 0.15) is 146 Å². The predicted octanol–water partition coefficient (Wildman–Crippen LogP) is 12.8. The van der Waals surface area contributed by atoms with E-state index < -0.39 is 40.8 Å². The average molecular weight is 1060 g/mol. The lowest BCUT2D eigenvalue weighted by molar-refractivity contribution is -0.384. The molecule has 1 heterocycles. The van der Waals surface area contributed by atoms with Crippen molar-refractivity contribution in [1.82, 2.24) is 4.90 Å². The Bertz CT molecular complexity index is 2390. The number of fused-ring (bicyclic) bond motifs is 2. The van der Waals surface area contributed by atoms with E-state index in [1.54, 1.807) is 60.6 Å². The maximum Gasteiger partial charge on any atom is 0.417 e. The number of hydrogen-bond donors (Lipinski definition) is 3. The number of carbonyl (C=O) groups is 2. The molecule has 0 aromatic heterocycles. The minimum absolute atomic E-state index is 0.0133. The van der Waals surface area contributed by atoms with E-state index in [2.05, 4.69) is 24.9 Å². The minimum Gasteiger partial charge on any atom is -0.497 e. The van der Waals surface area contributed by atoms with Crippen LogP contribution in [0.3, 0.4) is 0 Å². The first-order valence-electron chi connectivity index (χ1n) is 27.6. The minimum atomic E-state index is -1.53. The number of rotatable bonds is 33. The van der Waals surface area contributed by atoms with Gasteiger partial charge < -0.3 is 43.5 Å². The highest BCUT2D eigenvalue weighted by Crippen LogP contribution is 2.62. The zero-order chi connectivity index (χ0) is 54.3. The van der Waals surface area contributed by atoms with Crippen LogP contribution in [0.15, 0.2) is 90.1 Å². The number of aliphatic hydroxyl groups is 2. The van der Waals surface area contributed by atoms with Crippen LogP contribution in [0.2, 0.25) is 0 Å². The number of unbranched alkanes of at least 4 members (excludes halogenated alkanes) is 11. The number of methoxy groups -OCH3 is 2. The van der Waals surface area contributed by atoms with Gasteiger partial charge in [-0.15, -0.1) is 6.58 Å². The first kappa shape index (κ1) is 59.1. The maximum absolute atomic E-state index is 14.8. The van der Waals surface area contributed by atoms with Crippen molar-refractivity contribution in [2.45, 2.75) is 154 Å². The van der Waals surface area contributed by atoms with E-state index >= 15 is 0 Å². The van der Waals surface area contributed by atoms with Crippen LogP contribution in [0, 0.1) is 27.9 Å². The van der Waals surface area contributed by atoms with E-state index in [0.717, 1.165) is 49.7 Å². The summed E-state index contributed by atoms with van der Waals surface area (Å²) in [5.74, 6) is -1.03. The Morgan fingerprint density at radius 2 is 1.57 bits per heavy atom. The number of aliphatic hydroxyl groups excluding tert-OH is 2. The Kier molecular flexibility index (Phi) is 23.7. The topological polar surface area (TPSA) is 210 Å². The van der Waals surface area contributed by atoms with Crippen molar-refractivity contribution in [3.05, 3.63) is 106 Å². The molecular weight excluding hydrogens is 973 g/mol. The van der Waals surface area contributed by atoms with E-state index in [1.807, 2.05) is 13.0 Å². The monoisotopic (exact) mass is 1050 g/mol. The summed E-state index contributed by atoms with van der Waals surface area (Å²) in [6.45, 7) is 9.00. The van der Waals surface area contributed by atoms with Gasteiger partial charge in [-0.25, -0.2) is 9.59 Å². The highest BCUT2D eigenvalue weighted by molar-refractivity contribution is 6.03. The largest absolute Gasteiger partial charge is 0.497 e. The fourth-order valence-corrected chi connectivity index (χ4v) is 11.2. The molecule has 1 aliphatic heterocycles. The van der Waals surface area contributed by atoms with Gasteiger partial charge in [0.15, 0.2) is 0 Å². The van der Waals surface area contributed by atoms with E-state index in [0.29, 0.717) is 72.9 Å². The van der Waals surface area contributed by atoms with Crippen LogP contribution >= 0.6 is 0 Å². The quantitative estimate of drug-likeness (QED) is 0.0225. The summed E-state index contributed by atoms with van der Waals surface area (Å²) in [4.78, 5) is 47.4. The fraction of sp³-hybridized carbons (Fsp3) is 0.576. The number of nitro groups is 1. The summed E-state index contributed by atoms with van der Waals surface area (Å²) < 4.78 is 37.5. The number of allylic oxidation sites excluding steroid dienone is 1. The van der Waals surface area contributed by atoms with Crippen molar-refractivity contribution in [1.29, 1.82) is 0 Å². The van der Waals surface area contributed by atoms with Gasteiger partial charge in [-0.2, -0.15) is 0 Å². The molecule has 0 saturated heterocycles. The average Bonchev–Trinajstić information content (AvgIpc) is 3.55. The summed E-state index contributed by atoms with van der Waals surface area (Å²) in [5, 5.41) is 39.2. The lowest BCUT2D eigenvalue weighted by atomic mass is 9.55. The number of carbonyl (C=O) groups excluding carboxylic acids is 2. The second kappa shape index (κ2) is 30.5. The Hall–Kier alpha value is -6.17. The highest BCUT2D eigenvalue weighted by atomic mass is 16.7. The SMILES string of the molecule is C=CCOC12Oc3ccc(OC(=O)Nc4ccc(OC)cc4OC)cc3C3C(CCCCO)C(CCCCO)C=C(C(=NOCc4ccc([N+](=O)[O-])cc4)CC1N(CCC)C(=O)OCCCCCCCCCCCC)C32. The molecule has 76 heavy (non-hydrogen) atoms. The van der Waals surface area contributed by atoms with Crippen LogP contribution in [-0.4, -0.2) is 97.0 Å². The van der Waals surface area contributed by atoms with Crippen molar-refractivity contribution in [3.63, 3.8) is 0 Å². The Balaban J connectivity index is 1.43. The van der Waals surface area contributed by atoms with Gasteiger partial charge in [-0.3, -0.25) is 20.3 Å². The number of oxime groups is 1. The van der Waals surface area contributed by atoms with E-state index in [9.17, 15) is 29.9 Å².